The molecule has 0 aliphatic rings. The van der Waals surface area contributed by atoms with E-state index in [-0.39, 0.29) is 6.42 Å². The number of halogens is 1. The van der Waals surface area contributed by atoms with Gasteiger partial charge in [0.25, 0.3) is 0 Å². The van der Waals surface area contributed by atoms with E-state index in [4.69, 9.17) is 21.4 Å². The lowest BCUT2D eigenvalue weighted by atomic mass is 10.1. The number of carboxylic acids is 1. The van der Waals surface area contributed by atoms with Gasteiger partial charge in [0.1, 0.15) is 5.75 Å². The SMILES string of the molecule is O=C(O)CCc1ccc(OC(=O)c2ccccc2Cl)cc1. The van der Waals surface area contributed by atoms with E-state index in [1.54, 1.807) is 48.5 Å². The zero-order chi connectivity index (χ0) is 15.2. The van der Waals surface area contributed by atoms with Gasteiger partial charge in [0, 0.05) is 6.42 Å². The molecule has 4 nitrogen and oxygen atoms in total. The molecule has 2 rings (SSSR count). The van der Waals surface area contributed by atoms with Gasteiger partial charge >= 0.3 is 11.9 Å². The van der Waals surface area contributed by atoms with Crippen LogP contribution in [0, 0.1) is 0 Å². The van der Waals surface area contributed by atoms with E-state index in [2.05, 4.69) is 0 Å². The van der Waals surface area contributed by atoms with E-state index in [1.807, 2.05) is 0 Å². The Balaban J connectivity index is 2.02. The molecule has 0 amide bonds. The van der Waals surface area contributed by atoms with Gasteiger partial charge in [-0.25, -0.2) is 4.79 Å². The second kappa shape index (κ2) is 6.90. The fourth-order valence-corrected chi connectivity index (χ4v) is 1.98. The van der Waals surface area contributed by atoms with Gasteiger partial charge in [-0.05, 0) is 36.2 Å². The molecule has 0 bridgehead atoms. The van der Waals surface area contributed by atoms with Crippen LogP contribution in [0.3, 0.4) is 0 Å². The molecule has 2 aromatic rings. The number of aliphatic carboxylic acids is 1. The van der Waals surface area contributed by atoms with Gasteiger partial charge in [-0.3, -0.25) is 4.79 Å². The highest BCUT2D eigenvalue weighted by Gasteiger charge is 2.12. The summed E-state index contributed by atoms with van der Waals surface area (Å²) in [5.74, 6) is -0.984. The first-order chi connectivity index (χ1) is 10.1. The number of hydrogen-bond donors (Lipinski definition) is 1. The lowest BCUT2D eigenvalue weighted by Crippen LogP contribution is -2.09. The number of ether oxygens (including phenoxy) is 1. The van der Waals surface area contributed by atoms with Crippen LogP contribution in [-0.2, 0) is 11.2 Å². The summed E-state index contributed by atoms with van der Waals surface area (Å²) < 4.78 is 5.22. The van der Waals surface area contributed by atoms with Crippen molar-refractivity contribution >= 4 is 23.5 Å². The van der Waals surface area contributed by atoms with Gasteiger partial charge in [0.2, 0.25) is 0 Å². The number of esters is 1. The van der Waals surface area contributed by atoms with Crippen LogP contribution in [-0.4, -0.2) is 17.0 Å². The number of hydrogen-bond acceptors (Lipinski definition) is 3. The summed E-state index contributed by atoms with van der Waals surface area (Å²) in [6.07, 6.45) is 0.507. The van der Waals surface area contributed by atoms with Crippen LogP contribution in [0.2, 0.25) is 5.02 Å². The van der Waals surface area contributed by atoms with E-state index in [0.29, 0.717) is 22.8 Å². The second-order valence-corrected chi connectivity index (χ2v) is 4.81. The summed E-state index contributed by atoms with van der Waals surface area (Å²) in [5.41, 5.74) is 1.17. The highest BCUT2D eigenvalue weighted by Crippen LogP contribution is 2.19. The molecule has 21 heavy (non-hydrogen) atoms. The third-order valence-corrected chi connectivity index (χ3v) is 3.18. The van der Waals surface area contributed by atoms with Crippen molar-refractivity contribution in [1.82, 2.24) is 0 Å². The van der Waals surface area contributed by atoms with E-state index < -0.39 is 11.9 Å². The van der Waals surface area contributed by atoms with Crippen molar-refractivity contribution in [2.24, 2.45) is 0 Å². The largest absolute Gasteiger partial charge is 0.481 e. The number of benzene rings is 2. The molecule has 0 spiro atoms. The number of carbonyl (C=O) groups excluding carboxylic acids is 1. The zero-order valence-corrected chi connectivity index (χ0v) is 11.8. The minimum atomic E-state index is -0.843. The molecular formula is C16H13ClO4. The maximum atomic E-state index is 12.0. The van der Waals surface area contributed by atoms with Crippen molar-refractivity contribution in [2.75, 3.05) is 0 Å². The first-order valence-corrected chi connectivity index (χ1v) is 6.71. The number of rotatable bonds is 5. The Kier molecular flexibility index (Phi) is 4.95. The first kappa shape index (κ1) is 15.1. The minimum absolute atomic E-state index is 0.0682. The summed E-state index contributed by atoms with van der Waals surface area (Å²) >= 11 is 5.93. The minimum Gasteiger partial charge on any atom is -0.481 e. The molecule has 0 fully saturated rings. The lowest BCUT2D eigenvalue weighted by molar-refractivity contribution is -0.136. The van der Waals surface area contributed by atoms with Crippen LogP contribution in [0.5, 0.6) is 5.75 Å². The van der Waals surface area contributed by atoms with Gasteiger partial charge in [-0.2, -0.15) is 0 Å². The van der Waals surface area contributed by atoms with Crippen LogP contribution < -0.4 is 4.74 Å². The highest BCUT2D eigenvalue weighted by atomic mass is 35.5. The summed E-state index contributed by atoms with van der Waals surface area (Å²) in [6, 6.07) is 13.4. The predicted molar refractivity (Wildman–Crippen MR) is 78.8 cm³/mol. The standard InChI is InChI=1S/C16H13ClO4/c17-14-4-2-1-3-13(14)16(20)21-12-8-5-11(6-9-12)7-10-15(18)19/h1-6,8-9H,7,10H2,(H,18,19). The Morgan fingerprint density at radius 1 is 1.05 bits per heavy atom. The van der Waals surface area contributed by atoms with Gasteiger partial charge in [-0.1, -0.05) is 35.9 Å². The summed E-state index contributed by atoms with van der Waals surface area (Å²) in [7, 11) is 0. The Morgan fingerprint density at radius 3 is 2.33 bits per heavy atom. The fourth-order valence-electron chi connectivity index (χ4n) is 1.76. The average molecular weight is 305 g/mol. The van der Waals surface area contributed by atoms with Gasteiger partial charge in [0.15, 0.2) is 0 Å². The van der Waals surface area contributed by atoms with Crippen LogP contribution in [0.15, 0.2) is 48.5 Å². The summed E-state index contributed by atoms with van der Waals surface area (Å²) in [6.45, 7) is 0. The molecule has 0 heterocycles. The molecule has 2 aromatic carbocycles. The molecule has 0 radical (unpaired) electrons. The smallest absolute Gasteiger partial charge is 0.345 e. The molecule has 0 saturated heterocycles. The third kappa shape index (κ3) is 4.33. The fraction of sp³-hybridized carbons (Fsp3) is 0.125. The maximum absolute atomic E-state index is 12.0. The molecule has 0 aromatic heterocycles. The topological polar surface area (TPSA) is 63.6 Å². The van der Waals surface area contributed by atoms with Gasteiger partial charge in [0.05, 0.1) is 10.6 Å². The van der Waals surface area contributed by atoms with Crippen molar-refractivity contribution in [2.45, 2.75) is 12.8 Å². The van der Waals surface area contributed by atoms with E-state index >= 15 is 0 Å². The van der Waals surface area contributed by atoms with Crippen molar-refractivity contribution in [3.63, 3.8) is 0 Å². The Labute approximate surface area is 126 Å². The maximum Gasteiger partial charge on any atom is 0.345 e. The predicted octanol–water partition coefficient (Wildman–Crippen LogP) is 3.58. The van der Waals surface area contributed by atoms with Crippen LogP contribution in [0.25, 0.3) is 0 Å². The Bertz CT molecular complexity index is 650. The van der Waals surface area contributed by atoms with Gasteiger partial charge < -0.3 is 9.84 Å². The van der Waals surface area contributed by atoms with Crippen LogP contribution in [0.1, 0.15) is 22.3 Å². The van der Waals surface area contributed by atoms with E-state index in [9.17, 15) is 9.59 Å². The molecular weight excluding hydrogens is 292 g/mol. The molecule has 0 atom stereocenters. The third-order valence-electron chi connectivity index (χ3n) is 2.86. The molecule has 108 valence electrons. The Hall–Kier alpha value is -2.33. The summed E-state index contributed by atoms with van der Waals surface area (Å²) in [4.78, 5) is 22.4. The molecule has 1 N–H and O–H groups in total. The van der Waals surface area contributed by atoms with Crippen molar-refractivity contribution in [1.29, 1.82) is 0 Å². The zero-order valence-electron chi connectivity index (χ0n) is 11.1. The van der Waals surface area contributed by atoms with Crippen molar-refractivity contribution < 1.29 is 19.4 Å². The normalized spacial score (nSPS) is 10.1. The van der Waals surface area contributed by atoms with Crippen molar-refractivity contribution in [3.8, 4) is 5.75 Å². The highest BCUT2D eigenvalue weighted by molar-refractivity contribution is 6.33. The number of carbonyl (C=O) groups is 2. The van der Waals surface area contributed by atoms with Crippen molar-refractivity contribution in [3.05, 3.63) is 64.7 Å². The van der Waals surface area contributed by atoms with E-state index in [1.165, 1.54) is 0 Å². The molecule has 5 heteroatoms. The number of aryl methyl sites for hydroxylation is 1. The molecule has 0 unspecified atom stereocenters. The molecule has 0 aliphatic heterocycles. The molecule has 0 aliphatic carbocycles. The molecule has 0 saturated carbocycles. The van der Waals surface area contributed by atoms with Gasteiger partial charge in [-0.15, -0.1) is 0 Å². The van der Waals surface area contributed by atoms with E-state index in [0.717, 1.165) is 5.56 Å². The lowest BCUT2D eigenvalue weighted by Gasteiger charge is -2.06. The Morgan fingerprint density at radius 2 is 1.71 bits per heavy atom. The van der Waals surface area contributed by atoms with Crippen LogP contribution >= 0.6 is 11.6 Å². The quantitative estimate of drug-likeness (QED) is 0.677. The summed E-state index contributed by atoms with van der Waals surface area (Å²) in [5, 5.41) is 8.95. The average Bonchev–Trinajstić information content (AvgIpc) is 2.47. The second-order valence-electron chi connectivity index (χ2n) is 4.41. The number of carboxylic acid groups (broad SMARTS) is 1. The monoisotopic (exact) mass is 304 g/mol. The van der Waals surface area contributed by atoms with Crippen LogP contribution in [0.4, 0.5) is 0 Å². The first-order valence-electron chi connectivity index (χ1n) is 6.33.